The average Bonchev–Trinajstić information content (AvgIpc) is 3.15. The van der Waals surface area contributed by atoms with Crippen LogP contribution >= 0.6 is 11.3 Å². The number of aromatic nitrogens is 2. The molecule has 3 rings (SSSR count). The number of halogens is 5. The number of alkyl halides is 3. The molecule has 1 amide bonds. The van der Waals surface area contributed by atoms with Gasteiger partial charge in [-0.3, -0.25) is 14.7 Å². The number of thiazole rings is 1. The summed E-state index contributed by atoms with van der Waals surface area (Å²) in [7, 11) is 0. The standard InChI is InChI=1S/C20H11F5N4OS/c1-11(30)29(18-5-3-14(21)7-16(18)22)19-28-15(10-31-19)6-12(8-26)17-4-2-13(9-27-17)20(23,24)25/h2-7,9-10H,1H3/b12-6+. The first-order valence-electron chi connectivity index (χ1n) is 8.47. The minimum atomic E-state index is -4.56. The number of anilines is 2. The van der Waals surface area contributed by atoms with Crippen molar-refractivity contribution in [2.45, 2.75) is 13.1 Å². The van der Waals surface area contributed by atoms with E-state index in [1.807, 2.05) is 6.07 Å². The first-order valence-corrected chi connectivity index (χ1v) is 9.35. The topological polar surface area (TPSA) is 69.9 Å². The maximum atomic E-state index is 14.2. The largest absolute Gasteiger partial charge is 0.417 e. The third kappa shape index (κ3) is 4.92. The minimum absolute atomic E-state index is 0.00180. The summed E-state index contributed by atoms with van der Waals surface area (Å²) in [6, 6.07) is 6.40. The van der Waals surface area contributed by atoms with E-state index in [-0.39, 0.29) is 27.8 Å². The third-order valence-corrected chi connectivity index (χ3v) is 4.79. The summed E-state index contributed by atoms with van der Waals surface area (Å²) in [4.78, 5) is 20.8. The van der Waals surface area contributed by atoms with Crippen LogP contribution in [0.25, 0.3) is 11.6 Å². The number of hydrogen-bond acceptors (Lipinski definition) is 5. The molecule has 3 aromatic rings. The fourth-order valence-electron chi connectivity index (χ4n) is 2.55. The number of rotatable bonds is 4. The molecule has 0 atom stereocenters. The van der Waals surface area contributed by atoms with E-state index < -0.39 is 29.3 Å². The highest BCUT2D eigenvalue weighted by Gasteiger charge is 2.30. The molecule has 0 aliphatic rings. The van der Waals surface area contributed by atoms with Crippen LogP contribution in [0.15, 0.2) is 41.9 Å². The van der Waals surface area contributed by atoms with Gasteiger partial charge in [-0.25, -0.2) is 13.8 Å². The van der Waals surface area contributed by atoms with E-state index in [0.29, 0.717) is 12.3 Å². The van der Waals surface area contributed by atoms with E-state index in [4.69, 9.17) is 0 Å². The lowest BCUT2D eigenvalue weighted by molar-refractivity contribution is -0.137. The molecule has 1 aromatic carbocycles. The zero-order valence-corrected chi connectivity index (χ0v) is 16.4. The van der Waals surface area contributed by atoms with Crippen molar-refractivity contribution in [3.63, 3.8) is 0 Å². The predicted octanol–water partition coefficient (Wildman–Crippen LogP) is 5.58. The Morgan fingerprint density at radius 3 is 2.52 bits per heavy atom. The van der Waals surface area contributed by atoms with Gasteiger partial charge in [0.1, 0.15) is 17.7 Å². The first-order chi connectivity index (χ1) is 14.6. The molecule has 0 radical (unpaired) electrons. The molecule has 2 heterocycles. The maximum absolute atomic E-state index is 14.2. The van der Waals surface area contributed by atoms with E-state index in [1.165, 1.54) is 18.4 Å². The molecular formula is C20H11F5N4OS. The summed E-state index contributed by atoms with van der Waals surface area (Å²) in [6.45, 7) is 1.17. The van der Waals surface area contributed by atoms with Crippen molar-refractivity contribution in [2.75, 3.05) is 4.90 Å². The predicted molar refractivity (Wildman–Crippen MR) is 104 cm³/mol. The molecular weight excluding hydrogens is 439 g/mol. The monoisotopic (exact) mass is 450 g/mol. The Kier molecular flexibility index (Phi) is 6.12. The number of pyridine rings is 1. The summed E-state index contributed by atoms with van der Waals surface area (Å²) >= 11 is 0.958. The van der Waals surface area contributed by atoms with Crippen LogP contribution in [0.3, 0.4) is 0 Å². The Hall–Kier alpha value is -3.65. The Labute approximate surface area is 176 Å². The van der Waals surface area contributed by atoms with Gasteiger partial charge in [0.05, 0.1) is 28.2 Å². The van der Waals surface area contributed by atoms with Crippen molar-refractivity contribution < 1.29 is 26.7 Å². The van der Waals surface area contributed by atoms with E-state index in [0.717, 1.165) is 40.5 Å². The Bertz CT molecular complexity index is 1200. The smallest absolute Gasteiger partial charge is 0.274 e. The zero-order valence-electron chi connectivity index (χ0n) is 15.6. The Balaban J connectivity index is 1.95. The van der Waals surface area contributed by atoms with Crippen LogP contribution < -0.4 is 4.90 Å². The van der Waals surface area contributed by atoms with Crippen LogP contribution in [-0.2, 0) is 11.0 Å². The summed E-state index contributed by atoms with van der Waals surface area (Å²) in [5.74, 6) is -2.36. The van der Waals surface area contributed by atoms with Gasteiger partial charge in [0.2, 0.25) is 5.91 Å². The highest BCUT2D eigenvalue weighted by molar-refractivity contribution is 7.14. The molecule has 158 valence electrons. The molecule has 0 N–H and O–H groups in total. The number of nitrogens with zero attached hydrogens (tertiary/aromatic N) is 4. The molecule has 0 saturated carbocycles. The fourth-order valence-corrected chi connectivity index (χ4v) is 3.38. The number of carbonyl (C=O) groups is 1. The van der Waals surface area contributed by atoms with Gasteiger partial charge in [0, 0.05) is 24.6 Å². The van der Waals surface area contributed by atoms with Crippen LogP contribution in [0.5, 0.6) is 0 Å². The highest BCUT2D eigenvalue weighted by atomic mass is 32.1. The van der Waals surface area contributed by atoms with Gasteiger partial charge in [-0.05, 0) is 30.3 Å². The van der Waals surface area contributed by atoms with Crippen molar-refractivity contribution in [1.82, 2.24) is 9.97 Å². The van der Waals surface area contributed by atoms with Gasteiger partial charge in [-0.2, -0.15) is 18.4 Å². The maximum Gasteiger partial charge on any atom is 0.417 e. The lowest BCUT2D eigenvalue weighted by Gasteiger charge is -2.18. The second kappa shape index (κ2) is 8.61. The Morgan fingerprint density at radius 1 is 1.23 bits per heavy atom. The molecule has 0 aliphatic carbocycles. The summed E-state index contributed by atoms with van der Waals surface area (Å²) < 4.78 is 65.4. The number of carbonyl (C=O) groups excluding carboxylic acids is 1. The van der Waals surface area contributed by atoms with Crippen LogP contribution in [-0.4, -0.2) is 15.9 Å². The lowest BCUT2D eigenvalue weighted by Crippen LogP contribution is -2.23. The van der Waals surface area contributed by atoms with Gasteiger partial charge in [-0.15, -0.1) is 11.3 Å². The molecule has 11 heteroatoms. The SMILES string of the molecule is CC(=O)N(c1nc(/C=C(\C#N)c2ccc(C(F)(F)F)cn2)cs1)c1ccc(F)cc1F. The molecule has 0 fully saturated rings. The zero-order chi connectivity index (χ0) is 22.8. The molecule has 0 bridgehead atoms. The molecule has 0 unspecified atom stereocenters. The number of benzene rings is 1. The number of allylic oxidation sites excluding steroid dienone is 1. The Morgan fingerprint density at radius 2 is 1.97 bits per heavy atom. The van der Waals surface area contributed by atoms with Crippen molar-refractivity contribution in [3.8, 4) is 6.07 Å². The average molecular weight is 450 g/mol. The lowest BCUT2D eigenvalue weighted by atomic mass is 10.1. The molecule has 31 heavy (non-hydrogen) atoms. The van der Waals surface area contributed by atoms with Crippen molar-refractivity contribution in [1.29, 1.82) is 5.26 Å². The van der Waals surface area contributed by atoms with Crippen molar-refractivity contribution >= 4 is 39.7 Å². The fraction of sp³-hybridized carbons (Fsp3) is 0.100. The van der Waals surface area contributed by atoms with E-state index in [9.17, 15) is 32.0 Å². The molecule has 0 saturated heterocycles. The van der Waals surface area contributed by atoms with Crippen LogP contribution in [0.4, 0.5) is 32.8 Å². The van der Waals surface area contributed by atoms with Crippen molar-refractivity contribution in [2.24, 2.45) is 0 Å². The van der Waals surface area contributed by atoms with Crippen LogP contribution in [0.2, 0.25) is 0 Å². The number of nitriles is 1. The number of hydrogen-bond donors (Lipinski definition) is 0. The molecule has 5 nitrogen and oxygen atoms in total. The van der Waals surface area contributed by atoms with Gasteiger partial charge >= 0.3 is 6.18 Å². The van der Waals surface area contributed by atoms with Crippen LogP contribution in [0, 0.1) is 23.0 Å². The number of amides is 1. The van der Waals surface area contributed by atoms with E-state index in [2.05, 4.69) is 9.97 Å². The van der Waals surface area contributed by atoms with Gasteiger partial charge in [0.25, 0.3) is 0 Å². The first kappa shape index (κ1) is 22.0. The molecule has 2 aromatic heterocycles. The quantitative estimate of drug-likeness (QED) is 0.384. The van der Waals surface area contributed by atoms with Gasteiger partial charge < -0.3 is 0 Å². The highest BCUT2D eigenvalue weighted by Crippen LogP contribution is 2.32. The third-order valence-electron chi connectivity index (χ3n) is 3.95. The summed E-state index contributed by atoms with van der Waals surface area (Å²) in [5, 5.41) is 10.9. The van der Waals surface area contributed by atoms with Gasteiger partial charge in [0.15, 0.2) is 5.13 Å². The summed E-state index contributed by atoms with van der Waals surface area (Å²) in [5.41, 5.74) is -1.02. The van der Waals surface area contributed by atoms with E-state index in [1.54, 1.807) is 0 Å². The minimum Gasteiger partial charge on any atom is -0.274 e. The molecule has 0 spiro atoms. The van der Waals surface area contributed by atoms with Gasteiger partial charge in [-0.1, -0.05) is 0 Å². The summed E-state index contributed by atoms with van der Waals surface area (Å²) in [6.07, 6.45) is -2.67. The second-order valence-electron chi connectivity index (χ2n) is 6.10. The van der Waals surface area contributed by atoms with E-state index >= 15 is 0 Å². The van der Waals surface area contributed by atoms with Crippen LogP contribution in [0.1, 0.15) is 23.9 Å². The normalized spacial score (nSPS) is 11.8. The second-order valence-corrected chi connectivity index (χ2v) is 6.94. The molecule has 0 aliphatic heterocycles. The van der Waals surface area contributed by atoms with Crippen molar-refractivity contribution in [3.05, 3.63) is 70.5 Å².